The average Bonchev–Trinajstić information content (AvgIpc) is 2.73. The van der Waals surface area contributed by atoms with Crippen molar-refractivity contribution < 1.29 is 41.7 Å². The van der Waals surface area contributed by atoms with Gasteiger partial charge in [-0.25, -0.2) is 9.37 Å². The van der Waals surface area contributed by atoms with Gasteiger partial charge in [0.2, 0.25) is 0 Å². The Balaban J connectivity index is 1.16. The molecule has 0 saturated heterocycles. The van der Waals surface area contributed by atoms with Gasteiger partial charge in [-0.05, 0) is 31.4 Å². The third-order valence-electron chi connectivity index (χ3n) is 6.59. The van der Waals surface area contributed by atoms with Gasteiger partial charge >= 0.3 is 12.4 Å². The highest BCUT2D eigenvalue weighted by Gasteiger charge is 2.70. The van der Waals surface area contributed by atoms with Crippen molar-refractivity contribution in [1.82, 2.24) is 15.3 Å². The fourth-order valence-corrected chi connectivity index (χ4v) is 5.30. The summed E-state index contributed by atoms with van der Waals surface area (Å²) in [4.78, 5) is 21.1. The van der Waals surface area contributed by atoms with Gasteiger partial charge in [0.15, 0.2) is 6.10 Å². The van der Waals surface area contributed by atoms with Crippen LogP contribution in [0.25, 0.3) is 0 Å². The number of aromatic nitrogens is 2. The number of amides is 1. The van der Waals surface area contributed by atoms with E-state index in [1.165, 1.54) is 12.3 Å². The second kappa shape index (κ2) is 8.45. The van der Waals surface area contributed by atoms with Crippen LogP contribution >= 0.6 is 11.6 Å². The van der Waals surface area contributed by atoms with Crippen LogP contribution in [-0.4, -0.2) is 52.2 Å². The third kappa shape index (κ3) is 4.62. The van der Waals surface area contributed by atoms with Gasteiger partial charge < -0.3 is 19.9 Å². The SMILES string of the molecule is O=C(NC12CC(c3ccnc(OCCOC(F)(F)F)n3)(C1)C2)[C@H]1C[C@@H](O)c2cc(Cl)c(F)cc2O1. The Morgan fingerprint density at radius 2 is 2.03 bits per heavy atom. The number of rotatable bonds is 7. The molecule has 1 aromatic carbocycles. The van der Waals surface area contributed by atoms with E-state index >= 15 is 0 Å². The number of hydrogen-bond donors (Lipinski definition) is 2. The second-order valence-corrected chi connectivity index (χ2v) is 9.52. The summed E-state index contributed by atoms with van der Waals surface area (Å²) >= 11 is 5.77. The number of aliphatic hydroxyl groups excluding tert-OH is 1. The molecular weight excluding hydrogens is 498 g/mol. The number of carbonyl (C=O) groups excluding carboxylic acids is 1. The molecule has 2 bridgehead atoms. The molecular formula is C22H20ClF4N3O5. The first-order valence-electron chi connectivity index (χ1n) is 10.8. The summed E-state index contributed by atoms with van der Waals surface area (Å²) in [5.41, 5.74) is 0.289. The van der Waals surface area contributed by atoms with Crippen LogP contribution in [0.2, 0.25) is 5.02 Å². The molecule has 188 valence electrons. The smallest absolute Gasteiger partial charge is 0.480 e. The number of ether oxygens (including phenoxy) is 3. The number of benzene rings is 1. The normalized spacial score (nSPS) is 28.7. The monoisotopic (exact) mass is 517 g/mol. The van der Waals surface area contributed by atoms with Gasteiger partial charge in [0.05, 0.1) is 23.4 Å². The largest absolute Gasteiger partial charge is 0.522 e. The molecule has 2 atom stereocenters. The van der Waals surface area contributed by atoms with Crippen LogP contribution in [0.5, 0.6) is 11.8 Å². The molecule has 0 radical (unpaired) electrons. The molecule has 1 aliphatic heterocycles. The topological polar surface area (TPSA) is 103 Å². The fourth-order valence-electron chi connectivity index (χ4n) is 5.13. The van der Waals surface area contributed by atoms with Gasteiger partial charge in [-0.3, -0.25) is 9.53 Å². The number of carbonyl (C=O) groups is 1. The minimum atomic E-state index is -4.73. The highest BCUT2D eigenvalue weighted by atomic mass is 35.5. The van der Waals surface area contributed by atoms with E-state index in [0.717, 1.165) is 6.07 Å². The van der Waals surface area contributed by atoms with E-state index in [2.05, 4.69) is 20.0 Å². The maximum atomic E-state index is 13.8. The predicted molar refractivity (Wildman–Crippen MR) is 111 cm³/mol. The van der Waals surface area contributed by atoms with Gasteiger partial charge in [0.1, 0.15) is 18.2 Å². The number of halogens is 5. The van der Waals surface area contributed by atoms with Gasteiger partial charge in [-0.1, -0.05) is 11.6 Å². The molecule has 6 rings (SSSR count). The number of hydrogen-bond acceptors (Lipinski definition) is 7. The van der Waals surface area contributed by atoms with Crippen molar-refractivity contribution in [2.24, 2.45) is 0 Å². The van der Waals surface area contributed by atoms with Crippen molar-refractivity contribution in [3.8, 4) is 11.8 Å². The Labute approximate surface area is 201 Å². The molecule has 3 aliphatic carbocycles. The molecule has 0 spiro atoms. The summed E-state index contributed by atoms with van der Waals surface area (Å²) in [6.07, 6.45) is -3.44. The molecule has 13 heteroatoms. The number of aliphatic hydroxyl groups is 1. The summed E-state index contributed by atoms with van der Waals surface area (Å²) in [6.45, 7) is -1.04. The van der Waals surface area contributed by atoms with E-state index < -0.39 is 42.4 Å². The average molecular weight is 518 g/mol. The molecule has 4 aliphatic rings. The van der Waals surface area contributed by atoms with Crippen molar-refractivity contribution in [3.63, 3.8) is 0 Å². The number of fused-ring (bicyclic) bond motifs is 1. The lowest BCUT2D eigenvalue weighted by Gasteiger charge is -2.70. The van der Waals surface area contributed by atoms with Gasteiger partial charge in [-0.15, -0.1) is 13.2 Å². The molecule has 8 nitrogen and oxygen atoms in total. The molecule has 3 saturated carbocycles. The van der Waals surface area contributed by atoms with Crippen LogP contribution in [-0.2, 0) is 14.9 Å². The predicted octanol–water partition coefficient (Wildman–Crippen LogP) is 3.36. The minimum absolute atomic E-state index is 0.00663. The standard InChI is InChI=1S/C22H20ClF4N3O5/c23-12-5-11-14(31)7-16(35-15(11)6-13(12)24)18(32)30-21-8-20(9-21,10-21)17-1-2-28-19(29-17)33-3-4-34-22(25,26)27/h1-2,5-6,14,16,31H,3-4,7-10H2,(H,30,32)/t14-,16-,20?,21?/m1/s1. The Kier molecular flexibility index (Phi) is 5.80. The van der Waals surface area contributed by atoms with E-state index in [0.29, 0.717) is 30.5 Å². The highest BCUT2D eigenvalue weighted by Crippen LogP contribution is 2.67. The molecule has 1 aromatic heterocycles. The van der Waals surface area contributed by atoms with Crippen LogP contribution in [0.15, 0.2) is 24.4 Å². The maximum absolute atomic E-state index is 13.8. The first-order chi connectivity index (χ1) is 16.5. The summed E-state index contributed by atoms with van der Waals surface area (Å²) in [7, 11) is 0. The summed E-state index contributed by atoms with van der Waals surface area (Å²) in [5, 5.41) is 13.2. The summed E-state index contributed by atoms with van der Waals surface area (Å²) < 4.78 is 64.4. The van der Waals surface area contributed by atoms with E-state index in [1.54, 1.807) is 6.07 Å². The first-order valence-corrected chi connectivity index (χ1v) is 11.2. The lowest BCUT2D eigenvalue weighted by molar-refractivity contribution is -0.325. The van der Waals surface area contributed by atoms with Crippen molar-refractivity contribution in [2.75, 3.05) is 13.2 Å². The fraction of sp³-hybridized carbons (Fsp3) is 0.500. The number of nitrogens with one attached hydrogen (secondary N) is 1. The van der Waals surface area contributed by atoms with Crippen LogP contribution in [0.4, 0.5) is 17.6 Å². The van der Waals surface area contributed by atoms with Gasteiger partial charge in [0, 0.05) is 35.2 Å². The van der Waals surface area contributed by atoms with Gasteiger partial charge in [-0.2, -0.15) is 4.98 Å². The molecule has 2 N–H and O–H groups in total. The summed E-state index contributed by atoms with van der Waals surface area (Å²) in [5.74, 6) is -1.04. The first kappa shape index (κ1) is 24.0. The van der Waals surface area contributed by atoms with Crippen molar-refractivity contribution in [3.05, 3.63) is 46.5 Å². The van der Waals surface area contributed by atoms with Gasteiger partial charge in [0.25, 0.3) is 5.91 Å². The van der Waals surface area contributed by atoms with Crippen molar-refractivity contribution in [1.29, 1.82) is 0 Å². The molecule has 1 amide bonds. The molecule has 2 aromatic rings. The van der Waals surface area contributed by atoms with Crippen molar-refractivity contribution in [2.45, 2.75) is 55.2 Å². The van der Waals surface area contributed by atoms with Crippen LogP contribution < -0.4 is 14.8 Å². The lowest BCUT2D eigenvalue weighted by atomic mass is 9.38. The number of alkyl halides is 3. The third-order valence-corrected chi connectivity index (χ3v) is 6.88. The van der Waals surface area contributed by atoms with Crippen LogP contribution in [0.1, 0.15) is 43.0 Å². The van der Waals surface area contributed by atoms with Crippen molar-refractivity contribution >= 4 is 17.5 Å². The Hall–Kier alpha value is -2.70. The summed E-state index contributed by atoms with van der Waals surface area (Å²) in [6, 6.07) is 4.01. The second-order valence-electron chi connectivity index (χ2n) is 9.11. The molecule has 3 fully saturated rings. The van der Waals surface area contributed by atoms with E-state index in [1.807, 2.05) is 0 Å². The quantitative estimate of drug-likeness (QED) is 0.429. The maximum Gasteiger partial charge on any atom is 0.522 e. The van der Waals surface area contributed by atoms with E-state index in [4.69, 9.17) is 21.1 Å². The zero-order valence-corrected chi connectivity index (χ0v) is 18.8. The van der Waals surface area contributed by atoms with Crippen LogP contribution in [0, 0.1) is 5.82 Å². The van der Waals surface area contributed by atoms with E-state index in [9.17, 15) is 27.5 Å². The molecule has 35 heavy (non-hydrogen) atoms. The lowest BCUT2D eigenvalue weighted by Crippen LogP contribution is -2.77. The molecule has 2 heterocycles. The Morgan fingerprint density at radius 3 is 2.74 bits per heavy atom. The highest BCUT2D eigenvalue weighted by molar-refractivity contribution is 6.30. The molecule has 0 unspecified atom stereocenters. The zero-order valence-electron chi connectivity index (χ0n) is 18.1. The zero-order chi connectivity index (χ0) is 25.0. The Morgan fingerprint density at radius 1 is 1.29 bits per heavy atom. The van der Waals surface area contributed by atoms with E-state index in [-0.39, 0.29) is 35.2 Å². The Bertz CT molecular complexity index is 1140. The number of nitrogens with zero attached hydrogens (tertiary/aromatic N) is 2. The minimum Gasteiger partial charge on any atom is -0.480 e. The van der Waals surface area contributed by atoms with Crippen LogP contribution in [0.3, 0.4) is 0 Å².